The van der Waals surface area contributed by atoms with E-state index in [1.54, 1.807) is 42.5 Å². The van der Waals surface area contributed by atoms with Gasteiger partial charge in [-0.05, 0) is 39.7 Å². The molecule has 0 fully saturated rings. The van der Waals surface area contributed by atoms with Crippen molar-refractivity contribution in [3.63, 3.8) is 0 Å². The third-order valence-corrected chi connectivity index (χ3v) is 6.12. The summed E-state index contributed by atoms with van der Waals surface area (Å²) in [6.45, 7) is -0.698. The number of benzene rings is 3. The maximum atomic E-state index is 13.1. The van der Waals surface area contributed by atoms with Gasteiger partial charge in [0.15, 0.2) is 6.61 Å². The number of anilines is 1. The van der Waals surface area contributed by atoms with Crippen molar-refractivity contribution in [1.29, 1.82) is 0 Å². The monoisotopic (exact) mass is 551 g/mol. The molecule has 3 aromatic carbocycles. The molecule has 0 radical (unpaired) electrons. The minimum atomic E-state index is -1.29. The van der Waals surface area contributed by atoms with Crippen molar-refractivity contribution in [1.82, 2.24) is 4.90 Å². The predicted octanol–water partition coefficient (Wildman–Crippen LogP) is 3.75. The average Bonchev–Trinajstić information content (AvgIpc) is 3.12. The van der Waals surface area contributed by atoms with Crippen LogP contribution in [0.3, 0.4) is 0 Å². The van der Waals surface area contributed by atoms with E-state index in [2.05, 4.69) is 21.2 Å². The fourth-order valence-electron chi connectivity index (χ4n) is 3.75. The zero-order chi connectivity index (χ0) is 25.8. The highest BCUT2D eigenvalue weighted by molar-refractivity contribution is 9.10. The number of nitrogens with zero attached hydrogens (tertiary/aromatic N) is 2. The Morgan fingerprint density at radius 2 is 1.58 bits per heavy atom. The lowest BCUT2D eigenvalue weighted by molar-refractivity contribution is -0.384. The van der Waals surface area contributed by atoms with E-state index in [1.807, 2.05) is 0 Å². The summed E-state index contributed by atoms with van der Waals surface area (Å²) in [6.07, 6.45) is 0.000657. The van der Waals surface area contributed by atoms with Gasteiger partial charge in [0.1, 0.15) is 6.04 Å². The number of nitro groups is 1. The number of carbonyl (C=O) groups is 4. The Morgan fingerprint density at radius 1 is 0.972 bits per heavy atom. The number of halogens is 1. The molecule has 1 aliphatic rings. The predicted molar refractivity (Wildman–Crippen MR) is 131 cm³/mol. The summed E-state index contributed by atoms with van der Waals surface area (Å²) in [5.74, 6) is -2.87. The molecule has 0 saturated heterocycles. The van der Waals surface area contributed by atoms with Crippen molar-refractivity contribution < 1.29 is 28.8 Å². The van der Waals surface area contributed by atoms with E-state index in [-0.39, 0.29) is 33.4 Å². The number of imide groups is 1. The van der Waals surface area contributed by atoms with Crippen LogP contribution in [0.4, 0.5) is 11.4 Å². The maximum absolute atomic E-state index is 13.1. The number of ether oxygens (including phenoxy) is 1. The summed E-state index contributed by atoms with van der Waals surface area (Å²) in [7, 11) is 0. The van der Waals surface area contributed by atoms with Crippen LogP contribution < -0.4 is 5.32 Å². The fourth-order valence-corrected chi connectivity index (χ4v) is 4.21. The van der Waals surface area contributed by atoms with E-state index in [0.717, 1.165) is 4.90 Å². The quantitative estimate of drug-likeness (QED) is 0.195. The first-order valence-electron chi connectivity index (χ1n) is 10.7. The van der Waals surface area contributed by atoms with Gasteiger partial charge in [0.25, 0.3) is 23.4 Å². The van der Waals surface area contributed by atoms with Gasteiger partial charge in [-0.3, -0.25) is 29.4 Å². The van der Waals surface area contributed by atoms with Crippen molar-refractivity contribution in [3.8, 4) is 0 Å². The van der Waals surface area contributed by atoms with Crippen molar-refractivity contribution in [3.05, 3.63) is 104 Å². The number of hydrogen-bond donors (Lipinski definition) is 1. The number of amides is 3. The topological polar surface area (TPSA) is 136 Å². The lowest BCUT2D eigenvalue weighted by Crippen LogP contribution is -2.47. The molecule has 4 rings (SSSR count). The van der Waals surface area contributed by atoms with Crippen molar-refractivity contribution in [2.75, 3.05) is 11.9 Å². The number of nitrogens with one attached hydrogen (secondary N) is 1. The van der Waals surface area contributed by atoms with Crippen molar-refractivity contribution in [2.24, 2.45) is 0 Å². The fraction of sp³-hybridized carbons (Fsp3) is 0.120. The number of esters is 1. The summed E-state index contributed by atoms with van der Waals surface area (Å²) < 4.78 is 5.47. The Balaban J connectivity index is 1.49. The molecule has 0 spiro atoms. The average molecular weight is 552 g/mol. The highest BCUT2D eigenvalue weighted by Gasteiger charge is 2.43. The van der Waals surface area contributed by atoms with Crippen LogP contribution in [0.25, 0.3) is 0 Å². The molecule has 1 aliphatic heterocycles. The van der Waals surface area contributed by atoms with E-state index < -0.39 is 41.3 Å². The molecule has 1 N–H and O–H groups in total. The number of rotatable bonds is 8. The van der Waals surface area contributed by atoms with Gasteiger partial charge in [0, 0.05) is 23.0 Å². The standard InChI is InChI=1S/C25H18BrN3O7/c26-19-13-16(29(34)35)10-11-20(19)27-22(30)14-36-25(33)21(12-15-6-2-1-3-7-15)28-23(31)17-8-4-5-9-18(17)24(28)32/h1-11,13,21H,12,14H2,(H,27,30). The minimum Gasteiger partial charge on any atom is -0.454 e. The second kappa shape index (κ2) is 10.5. The maximum Gasteiger partial charge on any atom is 0.330 e. The Kier molecular flexibility index (Phi) is 7.20. The van der Waals surface area contributed by atoms with Crippen molar-refractivity contribution in [2.45, 2.75) is 12.5 Å². The second-order valence-corrected chi connectivity index (χ2v) is 8.66. The first-order valence-corrected chi connectivity index (χ1v) is 11.5. The largest absolute Gasteiger partial charge is 0.454 e. The molecular formula is C25H18BrN3O7. The van der Waals surface area contributed by atoms with Crippen LogP contribution in [-0.2, 0) is 20.7 Å². The number of non-ortho nitro benzene ring substituents is 1. The summed E-state index contributed by atoms with van der Waals surface area (Å²) in [5.41, 5.74) is 1.14. The van der Waals surface area contributed by atoms with E-state index in [4.69, 9.17) is 4.74 Å². The number of fused-ring (bicyclic) bond motifs is 1. The van der Waals surface area contributed by atoms with Gasteiger partial charge in [0.2, 0.25) is 0 Å². The van der Waals surface area contributed by atoms with Crippen LogP contribution in [0, 0.1) is 10.1 Å². The van der Waals surface area contributed by atoms with Crippen LogP contribution >= 0.6 is 15.9 Å². The Bertz CT molecular complexity index is 1340. The molecule has 10 nitrogen and oxygen atoms in total. The zero-order valence-electron chi connectivity index (χ0n) is 18.5. The SMILES string of the molecule is O=C(COC(=O)C(Cc1ccccc1)N1C(=O)c2ccccc2C1=O)Nc1ccc([N+](=O)[O-])cc1Br. The summed E-state index contributed by atoms with van der Waals surface area (Å²) in [6, 6.07) is 17.5. The highest BCUT2D eigenvalue weighted by atomic mass is 79.9. The molecule has 0 aliphatic carbocycles. The van der Waals surface area contributed by atoms with Gasteiger partial charge in [-0.1, -0.05) is 42.5 Å². The number of carbonyl (C=O) groups excluding carboxylic acids is 4. The van der Waals surface area contributed by atoms with E-state index in [0.29, 0.717) is 5.56 Å². The van der Waals surface area contributed by atoms with Gasteiger partial charge in [0.05, 0.1) is 21.7 Å². The third kappa shape index (κ3) is 5.15. The number of nitro benzene ring substituents is 1. The molecule has 1 heterocycles. The third-order valence-electron chi connectivity index (χ3n) is 5.46. The molecule has 11 heteroatoms. The summed E-state index contributed by atoms with van der Waals surface area (Å²) >= 11 is 3.15. The lowest BCUT2D eigenvalue weighted by atomic mass is 10.0. The van der Waals surface area contributed by atoms with Crippen LogP contribution in [-0.4, -0.2) is 46.2 Å². The summed E-state index contributed by atoms with van der Waals surface area (Å²) in [4.78, 5) is 62.7. The smallest absolute Gasteiger partial charge is 0.330 e. The van der Waals surface area contributed by atoms with Crippen molar-refractivity contribution >= 4 is 51.0 Å². The highest BCUT2D eigenvalue weighted by Crippen LogP contribution is 2.28. The second-order valence-electron chi connectivity index (χ2n) is 7.81. The van der Waals surface area contributed by atoms with Crippen LogP contribution in [0.15, 0.2) is 77.3 Å². The Labute approximate surface area is 213 Å². The first-order chi connectivity index (χ1) is 17.3. The molecule has 0 saturated carbocycles. The molecular weight excluding hydrogens is 534 g/mol. The Morgan fingerprint density at radius 3 is 2.17 bits per heavy atom. The molecule has 36 heavy (non-hydrogen) atoms. The molecule has 1 unspecified atom stereocenters. The molecule has 3 amide bonds. The normalized spacial score (nSPS) is 13.2. The molecule has 0 aromatic heterocycles. The molecule has 1 atom stereocenters. The molecule has 182 valence electrons. The van der Waals surface area contributed by atoms with Gasteiger partial charge in [-0.2, -0.15) is 0 Å². The van der Waals surface area contributed by atoms with Gasteiger partial charge in [-0.25, -0.2) is 4.79 Å². The van der Waals surface area contributed by atoms with Gasteiger partial charge < -0.3 is 10.1 Å². The molecule has 3 aromatic rings. The molecule has 0 bridgehead atoms. The lowest BCUT2D eigenvalue weighted by Gasteiger charge is -2.24. The van der Waals surface area contributed by atoms with Crippen LogP contribution in [0.1, 0.15) is 26.3 Å². The number of hydrogen-bond acceptors (Lipinski definition) is 7. The van der Waals surface area contributed by atoms with E-state index >= 15 is 0 Å². The van der Waals surface area contributed by atoms with E-state index in [9.17, 15) is 29.3 Å². The van der Waals surface area contributed by atoms with Crippen LogP contribution in [0.2, 0.25) is 0 Å². The van der Waals surface area contributed by atoms with Gasteiger partial charge >= 0.3 is 5.97 Å². The van der Waals surface area contributed by atoms with Gasteiger partial charge in [-0.15, -0.1) is 0 Å². The summed E-state index contributed by atoms with van der Waals surface area (Å²) in [5, 5.41) is 13.4. The minimum absolute atomic E-state index is 0.000657. The Hall–Kier alpha value is -4.38. The first kappa shape index (κ1) is 24.7. The zero-order valence-corrected chi connectivity index (χ0v) is 20.1. The van der Waals surface area contributed by atoms with E-state index in [1.165, 1.54) is 30.3 Å². The van der Waals surface area contributed by atoms with Crippen LogP contribution in [0.5, 0.6) is 0 Å².